The number of H-pyrrole nitrogens is 1. The van der Waals surface area contributed by atoms with Gasteiger partial charge in [-0.15, -0.1) is 10.2 Å². The summed E-state index contributed by atoms with van der Waals surface area (Å²) in [6, 6.07) is 4.78. The first-order valence-electron chi connectivity index (χ1n) is 6.89. The molecule has 23 heavy (non-hydrogen) atoms. The van der Waals surface area contributed by atoms with Crippen molar-refractivity contribution in [3.63, 3.8) is 0 Å². The van der Waals surface area contributed by atoms with E-state index in [1.807, 2.05) is 0 Å². The van der Waals surface area contributed by atoms with Gasteiger partial charge in [0.2, 0.25) is 5.82 Å². The van der Waals surface area contributed by atoms with Crippen molar-refractivity contribution in [3.8, 4) is 0 Å². The highest BCUT2D eigenvalue weighted by Gasteiger charge is 2.14. The Labute approximate surface area is 135 Å². The number of esters is 1. The third-order valence-electron chi connectivity index (χ3n) is 3.14. The maximum absolute atomic E-state index is 14.1. The van der Waals surface area contributed by atoms with E-state index in [-0.39, 0.29) is 24.4 Å². The number of hydrogen-bond donors (Lipinski definition) is 1. The van der Waals surface area contributed by atoms with Gasteiger partial charge in [-0.25, -0.2) is 9.18 Å². The molecular formula is C15H12ClFN4O2. The molecule has 0 atom stereocenters. The molecule has 0 unspecified atom stereocenters. The van der Waals surface area contributed by atoms with Gasteiger partial charge < -0.3 is 9.72 Å². The van der Waals surface area contributed by atoms with Gasteiger partial charge in [-0.2, -0.15) is 0 Å². The molecule has 0 bridgehead atoms. The second-order valence-electron chi connectivity index (χ2n) is 4.82. The second-order valence-corrected chi connectivity index (χ2v) is 5.26. The smallest absolute Gasteiger partial charge is 0.376 e. The maximum Gasteiger partial charge on any atom is 0.376 e. The Morgan fingerprint density at radius 2 is 2.17 bits per heavy atom. The zero-order valence-corrected chi connectivity index (χ0v) is 12.9. The van der Waals surface area contributed by atoms with Crippen LogP contribution in [0, 0.1) is 5.82 Å². The van der Waals surface area contributed by atoms with E-state index in [2.05, 4.69) is 20.2 Å². The van der Waals surface area contributed by atoms with Crippen molar-refractivity contribution in [3.05, 3.63) is 52.4 Å². The highest BCUT2D eigenvalue weighted by atomic mass is 35.5. The van der Waals surface area contributed by atoms with Gasteiger partial charge in [0.1, 0.15) is 17.2 Å². The van der Waals surface area contributed by atoms with Crippen molar-refractivity contribution in [1.82, 2.24) is 20.2 Å². The SMILES string of the molecule is CCOC(=O)c1nnc(Cc2cc(F)c3ncc(Cl)cc3c2)[nH]1. The first kappa shape index (κ1) is 15.4. The minimum atomic E-state index is -0.577. The summed E-state index contributed by atoms with van der Waals surface area (Å²) in [4.78, 5) is 18.3. The molecule has 3 rings (SSSR count). The summed E-state index contributed by atoms with van der Waals surface area (Å²) in [7, 11) is 0. The fourth-order valence-electron chi connectivity index (χ4n) is 2.20. The molecule has 3 aromatic rings. The summed E-state index contributed by atoms with van der Waals surface area (Å²) in [5.74, 6) is -0.569. The van der Waals surface area contributed by atoms with Gasteiger partial charge in [-0.3, -0.25) is 4.98 Å². The minimum absolute atomic E-state index is 0.0211. The zero-order valence-electron chi connectivity index (χ0n) is 12.1. The Morgan fingerprint density at radius 1 is 1.35 bits per heavy atom. The molecule has 0 fully saturated rings. The van der Waals surface area contributed by atoms with Crippen LogP contribution in [0.2, 0.25) is 5.02 Å². The summed E-state index contributed by atoms with van der Waals surface area (Å²) in [5, 5.41) is 8.62. The van der Waals surface area contributed by atoms with Crippen LogP contribution in [0.25, 0.3) is 10.9 Å². The highest BCUT2D eigenvalue weighted by Crippen LogP contribution is 2.22. The number of pyridine rings is 1. The average molecular weight is 335 g/mol. The maximum atomic E-state index is 14.1. The fourth-order valence-corrected chi connectivity index (χ4v) is 2.37. The normalized spacial score (nSPS) is 10.9. The number of ether oxygens (including phenoxy) is 1. The minimum Gasteiger partial charge on any atom is -0.460 e. The first-order valence-corrected chi connectivity index (χ1v) is 7.27. The molecule has 0 spiro atoms. The quantitative estimate of drug-likeness (QED) is 0.742. The third-order valence-corrected chi connectivity index (χ3v) is 3.34. The van der Waals surface area contributed by atoms with Gasteiger partial charge in [-0.05, 0) is 30.7 Å². The van der Waals surface area contributed by atoms with Crippen LogP contribution >= 0.6 is 11.6 Å². The van der Waals surface area contributed by atoms with E-state index >= 15 is 0 Å². The number of carbonyl (C=O) groups excluding carboxylic acids is 1. The zero-order chi connectivity index (χ0) is 16.4. The predicted octanol–water partition coefficient (Wildman–Crippen LogP) is 2.91. The number of hydrogen-bond acceptors (Lipinski definition) is 5. The van der Waals surface area contributed by atoms with Crippen LogP contribution in [-0.4, -0.2) is 32.7 Å². The number of halogens is 2. The molecule has 0 saturated heterocycles. The van der Waals surface area contributed by atoms with Crippen molar-refractivity contribution in [2.75, 3.05) is 6.61 Å². The van der Waals surface area contributed by atoms with E-state index in [0.717, 1.165) is 0 Å². The lowest BCUT2D eigenvalue weighted by Crippen LogP contribution is -2.06. The number of nitrogens with one attached hydrogen (secondary N) is 1. The lowest BCUT2D eigenvalue weighted by molar-refractivity contribution is 0.0512. The van der Waals surface area contributed by atoms with Crippen molar-refractivity contribution in [2.24, 2.45) is 0 Å². The first-order chi connectivity index (χ1) is 11.1. The van der Waals surface area contributed by atoms with Crippen LogP contribution in [0.5, 0.6) is 0 Å². The summed E-state index contributed by atoms with van der Waals surface area (Å²) in [5.41, 5.74) is 0.911. The van der Waals surface area contributed by atoms with Crippen molar-refractivity contribution in [1.29, 1.82) is 0 Å². The molecule has 118 valence electrons. The third kappa shape index (κ3) is 3.29. The van der Waals surface area contributed by atoms with Crippen LogP contribution in [0.15, 0.2) is 24.4 Å². The molecule has 0 aliphatic heterocycles. The highest BCUT2D eigenvalue weighted by molar-refractivity contribution is 6.31. The summed E-state index contributed by atoms with van der Waals surface area (Å²) < 4.78 is 18.9. The molecule has 1 N–H and O–H groups in total. The van der Waals surface area contributed by atoms with Crippen LogP contribution < -0.4 is 0 Å². The number of benzene rings is 1. The molecule has 1 aromatic carbocycles. The van der Waals surface area contributed by atoms with E-state index < -0.39 is 11.8 Å². The number of fused-ring (bicyclic) bond motifs is 1. The van der Waals surface area contributed by atoms with Gasteiger partial charge in [0.15, 0.2) is 0 Å². The van der Waals surface area contributed by atoms with E-state index in [9.17, 15) is 9.18 Å². The van der Waals surface area contributed by atoms with Crippen LogP contribution in [0.3, 0.4) is 0 Å². The average Bonchev–Trinajstić information content (AvgIpc) is 2.95. The molecule has 0 aliphatic rings. The van der Waals surface area contributed by atoms with Gasteiger partial charge in [-0.1, -0.05) is 11.6 Å². The van der Waals surface area contributed by atoms with Gasteiger partial charge >= 0.3 is 5.97 Å². The van der Waals surface area contributed by atoms with E-state index in [4.69, 9.17) is 16.3 Å². The van der Waals surface area contributed by atoms with E-state index in [1.54, 1.807) is 19.1 Å². The van der Waals surface area contributed by atoms with E-state index in [1.165, 1.54) is 12.3 Å². The van der Waals surface area contributed by atoms with Crippen LogP contribution in [0.1, 0.15) is 28.9 Å². The lowest BCUT2D eigenvalue weighted by atomic mass is 10.1. The van der Waals surface area contributed by atoms with Crippen LogP contribution in [0.4, 0.5) is 4.39 Å². The Bertz CT molecular complexity index is 881. The summed E-state index contributed by atoms with van der Waals surface area (Å²) in [6.07, 6.45) is 1.68. The molecule has 0 radical (unpaired) electrons. The summed E-state index contributed by atoms with van der Waals surface area (Å²) in [6.45, 7) is 1.95. The molecule has 0 saturated carbocycles. The van der Waals surface area contributed by atoms with Crippen molar-refractivity contribution < 1.29 is 13.9 Å². The molecule has 6 nitrogen and oxygen atoms in total. The Hall–Kier alpha value is -2.54. The number of aromatic nitrogens is 4. The van der Waals surface area contributed by atoms with Crippen molar-refractivity contribution >= 4 is 28.5 Å². The summed E-state index contributed by atoms with van der Waals surface area (Å²) >= 11 is 5.89. The number of aromatic amines is 1. The Morgan fingerprint density at radius 3 is 2.96 bits per heavy atom. The molecule has 2 aromatic heterocycles. The molecule has 8 heteroatoms. The topological polar surface area (TPSA) is 80.8 Å². The number of rotatable bonds is 4. The predicted molar refractivity (Wildman–Crippen MR) is 81.9 cm³/mol. The van der Waals surface area contributed by atoms with Crippen LogP contribution in [-0.2, 0) is 11.2 Å². The molecular weight excluding hydrogens is 323 g/mol. The lowest BCUT2D eigenvalue weighted by Gasteiger charge is -2.04. The van der Waals surface area contributed by atoms with Crippen molar-refractivity contribution in [2.45, 2.75) is 13.3 Å². The largest absolute Gasteiger partial charge is 0.460 e. The molecule has 2 heterocycles. The Balaban J connectivity index is 1.88. The van der Waals surface area contributed by atoms with Gasteiger partial charge in [0.05, 0.1) is 11.6 Å². The van der Waals surface area contributed by atoms with Gasteiger partial charge in [0, 0.05) is 18.0 Å². The molecule has 0 aliphatic carbocycles. The standard InChI is InChI=1S/C15H12ClFN4O2/c1-2-23-15(22)14-19-12(20-21-14)5-8-3-9-6-10(16)7-18-13(9)11(17)4-8/h3-4,6-7H,2,5H2,1H3,(H,19,20,21). The fraction of sp³-hybridized carbons (Fsp3) is 0.200. The second kappa shape index (κ2) is 6.29. The molecule has 0 amide bonds. The monoisotopic (exact) mass is 334 g/mol. The van der Waals surface area contributed by atoms with Gasteiger partial charge in [0.25, 0.3) is 0 Å². The van der Waals surface area contributed by atoms with E-state index in [0.29, 0.717) is 21.8 Å². The number of nitrogens with zero attached hydrogens (tertiary/aromatic N) is 3. The number of carbonyl (C=O) groups is 1. The Kier molecular flexibility index (Phi) is 4.20.